The van der Waals surface area contributed by atoms with Crippen LogP contribution in [0.25, 0.3) is 11.6 Å². The molecule has 5 nitrogen and oxygen atoms in total. The van der Waals surface area contributed by atoms with E-state index < -0.39 is 12.7 Å². The van der Waals surface area contributed by atoms with Crippen molar-refractivity contribution in [2.75, 3.05) is 50.4 Å². The van der Waals surface area contributed by atoms with Crippen LogP contribution in [0.5, 0.6) is 0 Å². The Morgan fingerprint density at radius 1 is 1.10 bits per heavy atom. The lowest BCUT2D eigenvalue weighted by molar-refractivity contribution is -0.146. The zero-order valence-corrected chi connectivity index (χ0v) is 25.7. The van der Waals surface area contributed by atoms with Crippen LogP contribution in [0.15, 0.2) is 46.1 Å². The number of piperazine rings is 1. The van der Waals surface area contributed by atoms with Crippen molar-refractivity contribution < 1.29 is 13.2 Å². The molecule has 0 radical (unpaired) electrons. The highest BCUT2D eigenvalue weighted by molar-refractivity contribution is 7.98. The molecule has 220 valence electrons. The molecular weight excluding hydrogens is 521 g/mol. The molecule has 0 aliphatic carbocycles. The molecule has 2 heterocycles. The zero-order valence-electron chi connectivity index (χ0n) is 24.9. The average molecular weight is 569 g/mol. The standard InChI is InChI=1S/C21H33F3N4O.C7H8S.C2H6/c1-6-8-17-18(15(3)16(4)25-7-2)13-19(26(5)20(17)29)28-11-9-27(10-12-28)14-21(22,23)24;1-8-7-5-3-2-4-6-7;1-2/h8,13,16,25H,6-7,9-12,14H2,1-5H3;2-6H,1H3;1-2H3/b17-8+,18-15+;;/t16-;;/m1../s1. The molecule has 1 aromatic heterocycles. The minimum atomic E-state index is -4.19. The Morgan fingerprint density at radius 3 is 2.15 bits per heavy atom. The highest BCUT2D eigenvalue weighted by Gasteiger charge is 2.32. The number of thioether (sulfide) groups is 1. The Labute approximate surface area is 236 Å². The van der Waals surface area contributed by atoms with Crippen LogP contribution in [-0.2, 0) is 7.05 Å². The number of alkyl halides is 3. The summed E-state index contributed by atoms with van der Waals surface area (Å²) in [7, 11) is 1.74. The van der Waals surface area contributed by atoms with Gasteiger partial charge in [-0.05, 0) is 62.1 Å². The third-order valence-electron chi connectivity index (χ3n) is 6.51. The molecule has 1 aromatic carbocycles. The van der Waals surface area contributed by atoms with Crippen molar-refractivity contribution in [1.82, 2.24) is 14.8 Å². The van der Waals surface area contributed by atoms with Gasteiger partial charge in [0, 0.05) is 49.4 Å². The Kier molecular flexibility index (Phi) is 15.6. The fraction of sp³-hybridized carbons (Fsp3) is 0.567. The molecule has 1 fully saturated rings. The van der Waals surface area contributed by atoms with E-state index in [-0.39, 0.29) is 11.6 Å². The number of anilines is 1. The smallest absolute Gasteiger partial charge is 0.355 e. The lowest BCUT2D eigenvalue weighted by atomic mass is 10.1. The first-order valence-electron chi connectivity index (χ1n) is 13.8. The van der Waals surface area contributed by atoms with Gasteiger partial charge in [0.05, 0.1) is 6.54 Å². The third-order valence-corrected chi connectivity index (χ3v) is 7.26. The molecule has 1 aliphatic heterocycles. The van der Waals surface area contributed by atoms with E-state index in [0.717, 1.165) is 29.6 Å². The molecule has 0 spiro atoms. The topological polar surface area (TPSA) is 40.5 Å². The van der Waals surface area contributed by atoms with Crippen LogP contribution in [0.4, 0.5) is 19.0 Å². The van der Waals surface area contributed by atoms with Crippen molar-refractivity contribution in [3.05, 3.63) is 57.2 Å². The number of hydrogen-bond acceptors (Lipinski definition) is 5. The summed E-state index contributed by atoms with van der Waals surface area (Å²) >= 11 is 1.77. The van der Waals surface area contributed by atoms with Gasteiger partial charge in [-0.2, -0.15) is 13.2 Å². The maximum Gasteiger partial charge on any atom is 0.401 e. The molecule has 0 unspecified atom stereocenters. The molecule has 0 saturated carbocycles. The number of hydrogen-bond donors (Lipinski definition) is 1. The summed E-state index contributed by atoms with van der Waals surface area (Å²) < 4.78 is 39.6. The van der Waals surface area contributed by atoms with Gasteiger partial charge in [0.2, 0.25) is 0 Å². The highest BCUT2D eigenvalue weighted by Crippen LogP contribution is 2.19. The predicted molar refractivity (Wildman–Crippen MR) is 162 cm³/mol. The first-order chi connectivity index (χ1) is 18.5. The fourth-order valence-corrected chi connectivity index (χ4v) is 4.80. The Morgan fingerprint density at radius 2 is 1.69 bits per heavy atom. The second kappa shape index (κ2) is 17.5. The van der Waals surface area contributed by atoms with Crippen LogP contribution < -0.4 is 26.2 Å². The Balaban J connectivity index is 0.000000641. The second-order valence-corrected chi connectivity index (χ2v) is 10.0. The normalized spacial score (nSPS) is 16.1. The van der Waals surface area contributed by atoms with Crippen molar-refractivity contribution in [2.24, 2.45) is 7.05 Å². The minimum Gasteiger partial charge on any atom is -0.355 e. The van der Waals surface area contributed by atoms with E-state index in [1.54, 1.807) is 23.4 Å². The summed E-state index contributed by atoms with van der Waals surface area (Å²) in [5.74, 6) is 0.757. The number of pyridine rings is 1. The summed E-state index contributed by atoms with van der Waals surface area (Å²) in [4.78, 5) is 17.8. The third kappa shape index (κ3) is 11.0. The molecule has 1 atom stereocenters. The lowest BCUT2D eigenvalue weighted by Gasteiger charge is -2.36. The summed E-state index contributed by atoms with van der Waals surface area (Å²) in [6.07, 6.45) is 0.592. The molecule has 1 saturated heterocycles. The number of benzene rings is 1. The number of aromatic nitrogens is 1. The van der Waals surface area contributed by atoms with Crippen LogP contribution in [0.2, 0.25) is 0 Å². The van der Waals surface area contributed by atoms with Gasteiger partial charge >= 0.3 is 6.18 Å². The highest BCUT2D eigenvalue weighted by atomic mass is 32.2. The van der Waals surface area contributed by atoms with E-state index in [9.17, 15) is 18.0 Å². The molecule has 1 aliphatic rings. The van der Waals surface area contributed by atoms with Crippen molar-refractivity contribution in [3.63, 3.8) is 0 Å². The maximum absolute atomic E-state index is 13.1. The van der Waals surface area contributed by atoms with Crippen molar-refractivity contribution in [2.45, 2.75) is 65.1 Å². The van der Waals surface area contributed by atoms with Gasteiger partial charge < -0.3 is 10.2 Å². The van der Waals surface area contributed by atoms with E-state index in [0.29, 0.717) is 31.4 Å². The number of halogens is 3. The van der Waals surface area contributed by atoms with E-state index >= 15 is 0 Å². The molecule has 9 heteroatoms. The van der Waals surface area contributed by atoms with Gasteiger partial charge in [0.1, 0.15) is 5.82 Å². The van der Waals surface area contributed by atoms with Crippen molar-refractivity contribution >= 4 is 29.2 Å². The van der Waals surface area contributed by atoms with Crippen molar-refractivity contribution in [3.8, 4) is 0 Å². The van der Waals surface area contributed by atoms with E-state index in [4.69, 9.17) is 0 Å². The fourth-order valence-electron chi connectivity index (χ4n) is 4.37. The maximum atomic E-state index is 13.1. The second-order valence-electron chi connectivity index (χ2n) is 9.16. The molecule has 3 rings (SSSR count). The molecule has 1 N–H and O–H groups in total. The van der Waals surface area contributed by atoms with Gasteiger partial charge in [-0.25, -0.2) is 0 Å². The van der Waals surface area contributed by atoms with Crippen LogP contribution in [-0.4, -0.2) is 67.2 Å². The molecule has 0 amide bonds. The molecule has 0 bridgehead atoms. The number of rotatable bonds is 7. The summed E-state index contributed by atoms with van der Waals surface area (Å²) in [5, 5.41) is 4.99. The quantitative estimate of drug-likeness (QED) is 0.483. The van der Waals surface area contributed by atoms with E-state index in [1.807, 2.05) is 69.9 Å². The molecule has 2 aromatic rings. The van der Waals surface area contributed by atoms with Crippen LogP contribution in [0.1, 0.15) is 48.0 Å². The first kappa shape index (κ1) is 34.8. The van der Waals surface area contributed by atoms with Gasteiger partial charge in [0.25, 0.3) is 5.56 Å². The number of nitrogens with one attached hydrogen (secondary N) is 1. The van der Waals surface area contributed by atoms with Crippen LogP contribution in [0, 0.1) is 0 Å². The van der Waals surface area contributed by atoms with Gasteiger partial charge in [-0.3, -0.25) is 14.3 Å². The molecular formula is C30H47F3N4OS. The lowest BCUT2D eigenvalue weighted by Crippen LogP contribution is -2.53. The largest absolute Gasteiger partial charge is 0.401 e. The van der Waals surface area contributed by atoms with Crippen LogP contribution in [0.3, 0.4) is 0 Å². The van der Waals surface area contributed by atoms with Gasteiger partial charge in [-0.15, -0.1) is 11.8 Å². The number of nitrogens with zero attached hydrogens (tertiary/aromatic N) is 3. The first-order valence-corrected chi connectivity index (χ1v) is 15.0. The zero-order chi connectivity index (χ0) is 29.6. The summed E-state index contributed by atoms with van der Waals surface area (Å²) in [6.45, 7) is 13.6. The van der Waals surface area contributed by atoms with E-state index in [2.05, 4.69) is 30.6 Å². The predicted octanol–water partition coefficient (Wildman–Crippen LogP) is 4.86. The monoisotopic (exact) mass is 568 g/mol. The SMILES string of the molecule is CC.CC/C=c1/c(=O)n(C)c(N2CCN(CC(F)(F)F)CC2)c/c1=C(/C)[C@@H](C)NCC.CSc1ccccc1. The Hall–Kier alpha value is -2.23. The Bertz CT molecular complexity index is 1160. The van der Waals surface area contributed by atoms with Crippen molar-refractivity contribution in [1.29, 1.82) is 0 Å². The van der Waals surface area contributed by atoms with E-state index in [1.165, 1.54) is 9.80 Å². The summed E-state index contributed by atoms with van der Waals surface area (Å²) in [5.41, 5.74) is 1.02. The minimum absolute atomic E-state index is 0.0693. The van der Waals surface area contributed by atoms with Gasteiger partial charge in [-0.1, -0.05) is 52.0 Å². The van der Waals surface area contributed by atoms with Crippen LogP contribution >= 0.6 is 11.8 Å². The van der Waals surface area contributed by atoms with Gasteiger partial charge in [0.15, 0.2) is 0 Å². The molecule has 39 heavy (non-hydrogen) atoms. The summed E-state index contributed by atoms with van der Waals surface area (Å²) in [6, 6.07) is 12.5. The average Bonchev–Trinajstić information content (AvgIpc) is 2.93.